The highest BCUT2D eigenvalue weighted by molar-refractivity contribution is 5.32. The lowest BCUT2D eigenvalue weighted by Crippen LogP contribution is -2.06. The first-order valence-electron chi connectivity index (χ1n) is 6.06. The van der Waals surface area contributed by atoms with Crippen LogP contribution in [0.5, 0.6) is 0 Å². The van der Waals surface area contributed by atoms with Crippen molar-refractivity contribution in [2.45, 2.75) is 39.0 Å². The number of rotatable bonds is 4. The normalized spacial score (nSPS) is 15.7. The number of anilines is 1. The minimum atomic E-state index is 0.821. The van der Waals surface area contributed by atoms with E-state index >= 15 is 0 Å². The predicted octanol–water partition coefficient (Wildman–Crippen LogP) is 3.09. The van der Waals surface area contributed by atoms with Crippen LogP contribution in [0.3, 0.4) is 0 Å². The lowest BCUT2D eigenvalue weighted by atomic mass is 9.97. The summed E-state index contributed by atoms with van der Waals surface area (Å²) in [7, 11) is 0. The van der Waals surface area contributed by atoms with Crippen molar-refractivity contribution < 1.29 is 0 Å². The predicted molar refractivity (Wildman–Crippen MR) is 66.4 cm³/mol. The van der Waals surface area contributed by atoms with E-state index in [2.05, 4.69) is 21.4 Å². The number of hydrogen-bond acceptors (Lipinski definition) is 3. The topological polar surface area (TPSA) is 37.8 Å². The number of hydrogen-bond donors (Lipinski definition) is 1. The molecule has 0 radical (unpaired) electrons. The number of allylic oxidation sites excluding steroid dienone is 1. The Morgan fingerprint density at radius 1 is 1.38 bits per heavy atom. The first-order chi connectivity index (χ1) is 7.84. The Bertz CT molecular complexity index is 371. The van der Waals surface area contributed by atoms with E-state index in [1.54, 1.807) is 11.8 Å². The highest BCUT2D eigenvalue weighted by Gasteiger charge is 2.03. The molecule has 0 unspecified atom stereocenters. The zero-order valence-electron chi connectivity index (χ0n) is 9.87. The molecular formula is C13H19N3. The lowest BCUT2D eigenvalue weighted by Gasteiger charge is -2.13. The van der Waals surface area contributed by atoms with E-state index in [9.17, 15) is 0 Å². The lowest BCUT2D eigenvalue weighted by molar-refractivity contribution is 0.679. The van der Waals surface area contributed by atoms with Gasteiger partial charge in [-0.3, -0.25) is 0 Å². The van der Waals surface area contributed by atoms with Gasteiger partial charge in [-0.15, -0.1) is 0 Å². The van der Waals surface area contributed by atoms with Crippen LogP contribution >= 0.6 is 0 Å². The van der Waals surface area contributed by atoms with Crippen molar-refractivity contribution >= 4 is 5.82 Å². The van der Waals surface area contributed by atoms with Gasteiger partial charge >= 0.3 is 0 Å². The van der Waals surface area contributed by atoms with Gasteiger partial charge in [-0.2, -0.15) is 0 Å². The molecule has 0 amide bonds. The summed E-state index contributed by atoms with van der Waals surface area (Å²) in [6.07, 6.45) is 10.6. The Kier molecular flexibility index (Phi) is 3.91. The monoisotopic (exact) mass is 217 g/mol. The summed E-state index contributed by atoms with van der Waals surface area (Å²) >= 11 is 0. The number of nitrogens with one attached hydrogen (secondary N) is 1. The second-order valence-electron chi connectivity index (χ2n) is 4.27. The molecule has 0 fully saturated rings. The molecular weight excluding hydrogens is 198 g/mol. The molecule has 2 rings (SSSR count). The van der Waals surface area contributed by atoms with Gasteiger partial charge in [0.05, 0.1) is 0 Å². The summed E-state index contributed by atoms with van der Waals surface area (Å²) in [5.41, 5.74) is 1.60. The summed E-state index contributed by atoms with van der Waals surface area (Å²) in [6.45, 7) is 2.89. The third kappa shape index (κ3) is 3.33. The largest absolute Gasteiger partial charge is 0.370 e. The number of nitrogens with zero attached hydrogens (tertiary/aromatic N) is 2. The van der Waals surface area contributed by atoms with E-state index < -0.39 is 0 Å². The quantitative estimate of drug-likeness (QED) is 0.787. The number of aromatic nitrogens is 2. The fourth-order valence-corrected chi connectivity index (χ4v) is 2.04. The molecule has 3 heteroatoms. The average molecular weight is 217 g/mol. The second-order valence-corrected chi connectivity index (χ2v) is 4.27. The van der Waals surface area contributed by atoms with E-state index in [0.29, 0.717) is 0 Å². The standard InChI is InChI=1S/C13H19N3/c1-11-14-10-8-13(16-11)15-9-7-12-5-3-2-4-6-12/h5,8,10H,2-4,6-7,9H2,1H3,(H,14,15,16). The Balaban J connectivity index is 1.77. The van der Waals surface area contributed by atoms with E-state index in [0.717, 1.165) is 24.6 Å². The zero-order valence-corrected chi connectivity index (χ0v) is 9.87. The van der Waals surface area contributed by atoms with Gasteiger partial charge in [0, 0.05) is 12.7 Å². The molecule has 1 heterocycles. The van der Waals surface area contributed by atoms with Crippen LogP contribution in [-0.4, -0.2) is 16.5 Å². The molecule has 86 valence electrons. The molecule has 0 saturated carbocycles. The van der Waals surface area contributed by atoms with Crippen LogP contribution in [-0.2, 0) is 0 Å². The molecule has 1 aromatic heterocycles. The Morgan fingerprint density at radius 3 is 3.06 bits per heavy atom. The smallest absolute Gasteiger partial charge is 0.129 e. The van der Waals surface area contributed by atoms with E-state index in [1.165, 1.54) is 25.7 Å². The van der Waals surface area contributed by atoms with Gasteiger partial charge in [-0.25, -0.2) is 9.97 Å². The van der Waals surface area contributed by atoms with Crippen molar-refractivity contribution in [1.82, 2.24) is 9.97 Å². The molecule has 0 saturated heterocycles. The maximum atomic E-state index is 4.31. The summed E-state index contributed by atoms with van der Waals surface area (Å²) in [6, 6.07) is 1.92. The maximum absolute atomic E-state index is 4.31. The molecule has 16 heavy (non-hydrogen) atoms. The fraction of sp³-hybridized carbons (Fsp3) is 0.538. The Morgan fingerprint density at radius 2 is 2.31 bits per heavy atom. The van der Waals surface area contributed by atoms with E-state index in [1.807, 2.05) is 13.0 Å². The summed E-state index contributed by atoms with van der Waals surface area (Å²) in [5.74, 6) is 1.76. The summed E-state index contributed by atoms with van der Waals surface area (Å²) in [5, 5.41) is 3.34. The molecule has 0 bridgehead atoms. The third-order valence-corrected chi connectivity index (χ3v) is 2.91. The molecule has 1 aliphatic carbocycles. The van der Waals surface area contributed by atoms with Gasteiger partial charge < -0.3 is 5.32 Å². The van der Waals surface area contributed by atoms with Crippen LogP contribution in [0.1, 0.15) is 37.9 Å². The average Bonchev–Trinajstić information content (AvgIpc) is 2.30. The summed E-state index contributed by atoms with van der Waals surface area (Å²) < 4.78 is 0. The van der Waals surface area contributed by atoms with Crippen molar-refractivity contribution in [3.05, 3.63) is 29.7 Å². The van der Waals surface area contributed by atoms with Gasteiger partial charge in [-0.1, -0.05) is 11.6 Å². The van der Waals surface area contributed by atoms with Crippen LogP contribution in [0.25, 0.3) is 0 Å². The Hall–Kier alpha value is -1.38. The van der Waals surface area contributed by atoms with Crippen molar-refractivity contribution in [2.24, 2.45) is 0 Å². The zero-order chi connectivity index (χ0) is 11.2. The van der Waals surface area contributed by atoms with Crippen LogP contribution in [0.4, 0.5) is 5.82 Å². The molecule has 0 aliphatic heterocycles. The molecule has 0 spiro atoms. The van der Waals surface area contributed by atoms with Crippen molar-refractivity contribution in [1.29, 1.82) is 0 Å². The van der Waals surface area contributed by atoms with Gasteiger partial charge in [0.2, 0.25) is 0 Å². The van der Waals surface area contributed by atoms with E-state index in [4.69, 9.17) is 0 Å². The highest BCUT2D eigenvalue weighted by atomic mass is 15.0. The van der Waals surface area contributed by atoms with E-state index in [-0.39, 0.29) is 0 Å². The van der Waals surface area contributed by atoms with Crippen molar-refractivity contribution in [2.75, 3.05) is 11.9 Å². The van der Waals surface area contributed by atoms with Crippen molar-refractivity contribution in [3.63, 3.8) is 0 Å². The highest BCUT2D eigenvalue weighted by Crippen LogP contribution is 2.19. The molecule has 1 aromatic rings. The molecule has 1 N–H and O–H groups in total. The SMILES string of the molecule is Cc1nccc(NCCC2=CCCCC2)n1. The van der Waals surface area contributed by atoms with Gasteiger partial charge in [-0.05, 0) is 45.1 Å². The fourth-order valence-electron chi connectivity index (χ4n) is 2.04. The molecule has 0 aromatic carbocycles. The Labute approximate surface area is 97.0 Å². The van der Waals surface area contributed by atoms with Gasteiger partial charge in [0.15, 0.2) is 0 Å². The van der Waals surface area contributed by atoms with Crippen molar-refractivity contribution in [3.8, 4) is 0 Å². The third-order valence-electron chi connectivity index (χ3n) is 2.91. The van der Waals surface area contributed by atoms with Crippen LogP contribution < -0.4 is 5.32 Å². The van der Waals surface area contributed by atoms with Gasteiger partial charge in [0.25, 0.3) is 0 Å². The van der Waals surface area contributed by atoms with Gasteiger partial charge in [0.1, 0.15) is 11.6 Å². The molecule has 0 atom stereocenters. The minimum Gasteiger partial charge on any atom is -0.370 e. The summed E-state index contributed by atoms with van der Waals surface area (Å²) in [4.78, 5) is 8.39. The van der Waals surface area contributed by atoms with Crippen LogP contribution in [0.2, 0.25) is 0 Å². The first-order valence-corrected chi connectivity index (χ1v) is 6.06. The number of aryl methyl sites for hydroxylation is 1. The maximum Gasteiger partial charge on any atom is 0.129 e. The second kappa shape index (κ2) is 5.64. The molecule has 1 aliphatic rings. The van der Waals surface area contributed by atoms with Crippen LogP contribution in [0, 0.1) is 6.92 Å². The minimum absolute atomic E-state index is 0.821. The molecule has 3 nitrogen and oxygen atoms in total. The van der Waals surface area contributed by atoms with Crippen LogP contribution in [0.15, 0.2) is 23.9 Å². The first kappa shape index (κ1) is 11.1.